The predicted molar refractivity (Wildman–Crippen MR) is 160 cm³/mol. The number of aryl methyl sites for hydroxylation is 1. The van der Waals surface area contributed by atoms with Crippen LogP contribution in [-0.2, 0) is 26.2 Å². The number of hydrogen-bond acceptors (Lipinski definition) is 2. The minimum Gasteiger partial charge on any atom is -0.454 e. The molecule has 0 radical (unpaired) electrons. The van der Waals surface area contributed by atoms with E-state index in [0.29, 0.717) is 44.2 Å². The van der Waals surface area contributed by atoms with E-state index in [4.69, 9.17) is 15.4 Å². The summed E-state index contributed by atoms with van der Waals surface area (Å²) in [7, 11) is 1.57. The summed E-state index contributed by atoms with van der Waals surface area (Å²) in [4.78, 5) is 0. The van der Waals surface area contributed by atoms with E-state index in [2.05, 4.69) is 6.07 Å². The molecule has 0 saturated carbocycles. The summed E-state index contributed by atoms with van der Waals surface area (Å²) < 4.78 is 88.1. The second-order valence-electron chi connectivity index (χ2n) is 11.9. The fourth-order valence-electron chi connectivity index (χ4n) is 5.39. The van der Waals surface area contributed by atoms with E-state index in [-0.39, 0.29) is 46.2 Å². The minimum atomic E-state index is -2.12. The van der Waals surface area contributed by atoms with Crippen LogP contribution < -0.4 is 4.57 Å². The fraction of sp³-hybridized carbons (Fsp3) is 0.333. The lowest BCUT2D eigenvalue weighted by Gasteiger charge is -2.18. The lowest BCUT2D eigenvalue weighted by Crippen LogP contribution is -2.31. The zero-order valence-corrected chi connectivity index (χ0v) is 23.3. The molecule has 0 bridgehead atoms. The van der Waals surface area contributed by atoms with Crippen LogP contribution in [0.5, 0.6) is 0 Å². The Morgan fingerprint density at radius 3 is 2.46 bits per heavy atom. The normalized spacial score (nSPS) is 20.9. The first-order chi connectivity index (χ1) is 22.0. The summed E-state index contributed by atoms with van der Waals surface area (Å²) in [6.07, 6.45) is -6.31. The number of nitrogens with zero attached hydrogens (tertiary/aromatic N) is 2. The van der Waals surface area contributed by atoms with Crippen molar-refractivity contribution in [1.82, 2.24) is 0 Å². The second kappa shape index (κ2) is 8.82. The smallest absolute Gasteiger partial charge is 0.216 e. The van der Waals surface area contributed by atoms with Gasteiger partial charge >= 0.3 is 0 Å². The highest BCUT2D eigenvalue weighted by Crippen LogP contribution is 2.44. The number of pyridine rings is 1. The number of aromatic nitrogens is 1. The molecule has 2 heterocycles. The van der Waals surface area contributed by atoms with Crippen LogP contribution in [0.3, 0.4) is 0 Å². The van der Waals surface area contributed by atoms with Gasteiger partial charge in [-0.05, 0) is 76.8 Å². The Balaban J connectivity index is 1.70. The highest BCUT2D eigenvalue weighted by Gasteiger charge is 2.29. The third kappa shape index (κ3) is 4.43. The van der Waals surface area contributed by atoms with E-state index >= 15 is 0 Å². The van der Waals surface area contributed by atoms with Crippen molar-refractivity contribution in [2.75, 3.05) is 0 Å². The summed E-state index contributed by atoms with van der Waals surface area (Å²) in [6.45, 7) is 10.1. The lowest BCUT2D eigenvalue weighted by molar-refractivity contribution is -0.660. The Morgan fingerprint density at radius 2 is 1.74 bits per heavy atom. The van der Waals surface area contributed by atoms with Gasteiger partial charge in [-0.3, -0.25) is 0 Å². The van der Waals surface area contributed by atoms with Crippen LogP contribution in [0, 0.1) is 29.1 Å². The molecule has 0 N–H and O–H groups in total. The summed E-state index contributed by atoms with van der Waals surface area (Å²) in [6, 6.07) is 13.7. The van der Waals surface area contributed by atoms with E-state index in [9.17, 15) is 6.63 Å². The van der Waals surface area contributed by atoms with Crippen molar-refractivity contribution in [2.24, 2.45) is 17.9 Å². The largest absolute Gasteiger partial charge is 0.454 e. The Hall–Kier alpha value is -3.90. The molecule has 0 aliphatic heterocycles. The predicted octanol–water partition coefficient (Wildman–Crippen LogP) is 8.64. The van der Waals surface area contributed by atoms with Crippen molar-refractivity contribution in [3.05, 3.63) is 88.5 Å². The highest BCUT2D eigenvalue weighted by molar-refractivity contribution is 6.14. The first-order valence-electron chi connectivity index (χ1n) is 17.6. The van der Waals surface area contributed by atoms with E-state index in [1.54, 1.807) is 72.0 Å². The van der Waals surface area contributed by atoms with Gasteiger partial charge in [-0.25, -0.2) is 4.57 Å². The van der Waals surface area contributed by atoms with Crippen LogP contribution in [0.4, 0.5) is 0 Å². The number of rotatable bonds is 3. The van der Waals surface area contributed by atoms with E-state index in [0.717, 1.165) is 0 Å². The molecule has 3 heteroatoms. The lowest BCUT2D eigenvalue weighted by atomic mass is 9.87. The summed E-state index contributed by atoms with van der Waals surface area (Å²) in [5.41, 5.74) is 1.24. The highest BCUT2D eigenvalue weighted by atomic mass is 16.3. The SMILES string of the molecule is [2H]c1c(C([2H])([2H])C(C)(C)C)c([2H])c(-c2c(C)ccc3c2oc2c(-c4ccc5c(c4)C([2H])([2H])C(C)(C)C5([2H])[2H])c(C#N)ccc23)[n+](C)c1[2H]. The van der Waals surface area contributed by atoms with E-state index in [1.165, 1.54) is 4.57 Å². The third-order valence-corrected chi connectivity index (χ3v) is 7.01. The first-order valence-corrected chi connectivity index (χ1v) is 13.1. The summed E-state index contributed by atoms with van der Waals surface area (Å²) in [5, 5.41) is 11.5. The monoisotopic (exact) mass is 522 g/mol. The average Bonchev–Trinajstić information content (AvgIpc) is 3.41. The second-order valence-corrected chi connectivity index (χ2v) is 11.9. The van der Waals surface area contributed by atoms with Crippen molar-refractivity contribution in [2.45, 2.75) is 60.7 Å². The number of nitriles is 1. The molecule has 0 amide bonds. The van der Waals surface area contributed by atoms with Crippen LogP contribution >= 0.6 is 0 Å². The molecule has 39 heavy (non-hydrogen) atoms. The van der Waals surface area contributed by atoms with Crippen molar-refractivity contribution >= 4 is 21.9 Å². The zero-order chi connectivity index (χ0) is 35.7. The van der Waals surface area contributed by atoms with Gasteiger partial charge in [0.2, 0.25) is 5.69 Å². The Bertz CT molecular complexity index is 2250. The minimum absolute atomic E-state index is 0.178. The van der Waals surface area contributed by atoms with Crippen LogP contribution in [0.1, 0.15) is 74.8 Å². The van der Waals surface area contributed by atoms with Gasteiger partial charge in [-0.1, -0.05) is 65.0 Å². The van der Waals surface area contributed by atoms with Crippen molar-refractivity contribution in [1.29, 1.82) is 5.26 Å². The molecule has 3 aromatic carbocycles. The van der Waals surface area contributed by atoms with Crippen LogP contribution in [0.2, 0.25) is 0 Å². The number of hydrogen-bond donors (Lipinski definition) is 0. The molecule has 5 aromatic rings. The summed E-state index contributed by atoms with van der Waals surface area (Å²) in [5.74, 6) is 0. The van der Waals surface area contributed by atoms with Gasteiger partial charge < -0.3 is 4.42 Å². The molecule has 6 rings (SSSR count). The Labute approximate surface area is 244 Å². The Morgan fingerprint density at radius 1 is 1.05 bits per heavy atom. The van der Waals surface area contributed by atoms with E-state index < -0.39 is 29.9 Å². The maximum atomic E-state index is 10.2. The van der Waals surface area contributed by atoms with Gasteiger partial charge in [0.05, 0.1) is 19.9 Å². The number of benzene rings is 3. The van der Waals surface area contributed by atoms with Crippen LogP contribution in [0.25, 0.3) is 44.3 Å². The maximum absolute atomic E-state index is 10.2. The molecule has 1 aliphatic carbocycles. The molecule has 3 nitrogen and oxygen atoms in total. The molecule has 0 spiro atoms. The van der Waals surface area contributed by atoms with Crippen LogP contribution in [-0.4, -0.2) is 0 Å². The maximum Gasteiger partial charge on any atom is 0.216 e. The molecule has 0 unspecified atom stereocenters. The van der Waals surface area contributed by atoms with Crippen molar-refractivity contribution < 1.29 is 21.3 Å². The van der Waals surface area contributed by atoms with Gasteiger partial charge in [-0.2, -0.15) is 5.26 Å². The van der Waals surface area contributed by atoms with Gasteiger partial charge in [-0.15, -0.1) is 0 Å². The van der Waals surface area contributed by atoms with Crippen molar-refractivity contribution in [3.63, 3.8) is 0 Å². The molecular formula is C36H37N2O+. The van der Waals surface area contributed by atoms with Gasteiger partial charge in [0.15, 0.2) is 6.17 Å². The van der Waals surface area contributed by atoms with Gasteiger partial charge in [0.1, 0.15) is 19.6 Å². The van der Waals surface area contributed by atoms with Gasteiger partial charge in [0, 0.05) is 36.6 Å². The topological polar surface area (TPSA) is 40.8 Å². The van der Waals surface area contributed by atoms with Gasteiger partial charge in [0.25, 0.3) is 0 Å². The molecular weight excluding hydrogens is 476 g/mol. The molecule has 0 fully saturated rings. The quantitative estimate of drug-likeness (QED) is 0.223. The Kier molecular flexibility index (Phi) is 3.83. The number of furan rings is 1. The fourth-order valence-corrected chi connectivity index (χ4v) is 5.39. The molecule has 1 aliphatic rings. The molecule has 0 atom stereocenters. The molecule has 0 saturated heterocycles. The zero-order valence-electron chi connectivity index (χ0n) is 32.3. The molecule has 2 aromatic heterocycles. The van der Waals surface area contributed by atoms with Crippen LogP contribution in [0.15, 0.2) is 65.1 Å². The number of fused-ring (bicyclic) bond motifs is 4. The van der Waals surface area contributed by atoms with Crippen molar-refractivity contribution in [3.8, 4) is 28.5 Å². The molecule has 196 valence electrons. The average molecular weight is 523 g/mol. The third-order valence-electron chi connectivity index (χ3n) is 7.01. The first kappa shape index (κ1) is 16.9. The van der Waals surface area contributed by atoms with E-state index in [1.807, 2.05) is 19.1 Å². The standard InChI is InChI=1S/C36H37N2O/c1-22-8-12-28-29-13-11-26(21-37)32(24-9-10-25-19-36(5,6)20-27(25)17-24)34(29)39-33(28)31(22)30-16-23(14-15-38(30)7)18-35(2,3)4/h8-17H,18-20H2,1-7H3/q+1/i14D,15D,16D,18D2,19D2,20D2. The summed E-state index contributed by atoms with van der Waals surface area (Å²) >= 11 is 0.